The Balaban J connectivity index is 1.97. The standard InChI is InChI=1S/C10H8N4O3/c15-14(16)8-3-4-10(11-6-8)13-12-7-9-2-1-5-17-9/h1-7H,(H,11,13)/b12-7-. The zero-order valence-electron chi connectivity index (χ0n) is 8.61. The van der Waals surface area contributed by atoms with Gasteiger partial charge >= 0.3 is 0 Å². The van der Waals surface area contributed by atoms with Crippen molar-refractivity contribution in [1.29, 1.82) is 0 Å². The van der Waals surface area contributed by atoms with Gasteiger partial charge in [0.2, 0.25) is 0 Å². The molecule has 0 aliphatic carbocycles. The van der Waals surface area contributed by atoms with Gasteiger partial charge < -0.3 is 4.42 Å². The van der Waals surface area contributed by atoms with E-state index in [0.717, 1.165) is 6.20 Å². The molecule has 0 atom stereocenters. The molecular weight excluding hydrogens is 224 g/mol. The number of rotatable bonds is 4. The third-order valence-electron chi connectivity index (χ3n) is 1.87. The lowest BCUT2D eigenvalue weighted by atomic mass is 10.4. The molecule has 0 aromatic carbocycles. The molecule has 0 spiro atoms. The van der Waals surface area contributed by atoms with E-state index in [2.05, 4.69) is 15.5 Å². The van der Waals surface area contributed by atoms with E-state index in [1.807, 2.05) is 0 Å². The SMILES string of the molecule is O=[N+]([O-])c1ccc(N/N=C\c2ccco2)nc1. The molecule has 7 nitrogen and oxygen atoms in total. The Bertz CT molecular complexity index is 519. The van der Waals surface area contributed by atoms with E-state index in [4.69, 9.17) is 4.42 Å². The van der Waals surface area contributed by atoms with Crippen LogP contribution in [-0.4, -0.2) is 16.1 Å². The number of anilines is 1. The van der Waals surface area contributed by atoms with Crippen molar-refractivity contribution in [2.75, 3.05) is 5.43 Å². The van der Waals surface area contributed by atoms with Gasteiger partial charge in [0.15, 0.2) is 0 Å². The van der Waals surface area contributed by atoms with Crippen LogP contribution in [0.1, 0.15) is 5.76 Å². The van der Waals surface area contributed by atoms with Gasteiger partial charge in [0.05, 0.1) is 17.4 Å². The molecule has 0 saturated carbocycles. The maximum Gasteiger partial charge on any atom is 0.287 e. The molecule has 0 bridgehead atoms. The molecule has 17 heavy (non-hydrogen) atoms. The average Bonchev–Trinajstić information content (AvgIpc) is 2.83. The Morgan fingerprint density at radius 3 is 2.94 bits per heavy atom. The molecule has 0 saturated heterocycles. The number of furan rings is 1. The summed E-state index contributed by atoms with van der Waals surface area (Å²) < 4.78 is 5.02. The minimum atomic E-state index is -0.511. The largest absolute Gasteiger partial charge is 0.463 e. The average molecular weight is 232 g/mol. The van der Waals surface area contributed by atoms with Crippen molar-refractivity contribution in [3.05, 3.63) is 52.6 Å². The van der Waals surface area contributed by atoms with E-state index in [-0.39, 0.29) is 5.69 Å². The van der Waals surface area contributed by atoms with E-state index >= 15 is 0 Å². The number of aromatic nitrogens is 1. The predicted molar refractivity (Wildman–Crippen MR) is 60.8 cm³/mol. The molecule has 7 heteroatoms. The van der Waals surface area contributed by atoms with Crippen LogP contribution in [0, 0.1) is 10.1 Å². The second-order valence-corrected chi connectivity index (χ2v) is 3.04. The van der Waals surface area contributed by atoms with Gasteiger partial charge in [-0.3, -0.25) is 15.5 Å². The molecular formula is C10H8N4O3. The van der Waals surface area contributed by atoms with Crippen LogP contribution in [0.15, 0.2) is 46.2 Å². The number of nitrogens with zero attached hydrogens (tertiary/aromatic N) is 3. The summed E-state index contributed by atoms with van der Waals surface area (Å²) in [5, 5.41) is 14.2. The molecule has 2 aromatic rings. The van der Waals surface area contributed by atoms with E-state index in [9.17, 15) is 10.1 Å². The van der Waals surface area contributed by atoms with Gasteiger partial charge in [-0.15, -0.1) is 0 Å². The lowest BCUT2D eigenvalue weighted by molar-refractivity contribution is -0.385. The van der Waals surface area contributed by atoms with Crippen LogP contribution in [0.4, 0.5) is 11.5 Å². The maximum absolute atomic E-state index is 10.4. The smallest absolute Gasteiger partial charge is 0.287 e. The van der Waals surface area contributed by atoms with E-state index in [0.29, 0.717) is 11.6 Å². The van der Waals surface area contributed by atoms with Crippen molar-refractivity contribution in [2.45, 2.75) is 0 Å². The highest BCUT2D eigenvalue weighted by Gasteiger charge is 2.04. The summed E-state index contributed by atoms with van der Waals surface area (Å²) >= 11 is 0. The summed E-state index contributed by atoms with van der Waals surface area (Å²) in [6.07, 6.45) is 4.17. The van der Waals surface area contributed by atoms with Crippen LogP contribution < -0.4 is 5.43 Å². The highest BCUT2D eigenvalue weighted by Crippen LogP contribution is 2.11. The topological polar surface area (TPSA) is 93.6 Å². The lowest BCUT2D eigenvalue weighted by Crippen LogP contribution is -1.94. The lowest BCUT2D eigenvalue weighted by Gasteiger charge is -1.97. The molecule has 0 aliphatic heterocycles. The van der Waals surface area contributed by atoms with E-state index < -0.39 is 4.92 Å². The molecule has 0 fully saturated rings. The number of hydrazone groups is 1. The number of pyridine rings is 1. The molecule has 2 heterocycles. The Morgan fingerprint density at radius 2 is 2.35 bits per heavy atom. The monoisotopic (exact) mass is 232 g/mol. The van der Waals surface area contributed by atoms with Crippen LogP contribution in [0.5, 0.6) is 0 Å². The molecule has 0 unspecified atom stereocenters. The van der Waals surface area contributed by atoms with Gasteiger partial charge in [0.1, 0.15) is 17.8 Å². The summed E-state index contributed by atoms with van der Waals surface area (Å²) in [6, 6.07) is 6.30. The Hall–Kier alpha value is -2.70. The van der Waals surface area contributed by atoms with Gasteiger partial charge in [-0.2, -0.15) is 5.10 Å². The van der Waals surface area contributed by atoms with Crippen molar-refractivity contribution < 1.29 is 9.34 Å². The van der Waals surface area contributed by atoms with Crippen molar-refractivity contribution in [2.24, 2.45) is 5.10 Å². The number of hydrogen-bond donors (Lipinski definition) is 1. The van der Waals surface area contributed by atoms with Gasteiger partial charge in [-0.1, -0.05) is 0 Å². The maximum atomic E-state index is 10.4. The predicted octanol–water partition coefficient (Wildman–Crippen LogP) is 2.03. The molecule has 0 amide bonds. The van der Waals surface area contributed by atoms with E-state index in [1.165, 1.54) is 24.6 Å². The van der Waals surface area contributed by atoms with Crippen molar-refractivity contribution in [1.82, 2.24) is 4.98 Å². The first-order valence-electron chi connectivity index (χ1n) is 4.69. The Labute approximate surface area is 95.9 Å². The van der Waals surface area contributed by atoms with Gasteiger partial charge in [0.25, 0.3) is 5.69 Å². The summed E-state index contributed by atoms with van der Waals surface area (Å²) in [6.45, 7) is 0. The molecule has 2 rings (SSSR count). The summed E-state index contributed by atoms with van der Waals surface area (Å²) in [5.74, 6) is 1.01. The van der Waals surface area contributed by atoms with Crippen LogP contribution in [0.3, 0.4) is 0 Å². The van der Waals surface area contributed by atoms with Crippen LogP contribution >= 0.6 is 0 Å². The molecule has 0 aliphatic rings. The molecule has 1 N–H and O–H groups in total. The molecule has 86 valence electrons. The first-order valence-corrected chi connectivity index (χ1v) is 4.69. The zero-order valence-corrected chi connectivity index (χ0v) is 8.61. The quantitative estimate of drug-likeness (QED) is 0.494. The normalized spacial score (nSPS) is 10.6. The van der Waals surface area contributed by atoms with Gasteiger partial charge in [0, 0.05) is 6.07 Å². The van der Waals surface area contributed by atoms with Crippen LogP contribution in [0.2, 0.25) is 0 Å². The van der Waals surface area contributed by atoms with Crippen LogP contribution in [-0.2, 0) is 0 Å². The zero-order chi connectivity index (χ0) is 12.1. The van der Waals surface area contributed by atoms with Gasteiger partial charge in [-0.25, -0.2) is 4.98 Å². The highest BCUT2D eigenvalue weighted by atomic mass is 16.6. The first-order chi connectivity index (χ1) is 8.25. The second-order valence-electron chi connectivity index (χ2n) is 3.04. The number of nitrogens with one attached hydrogen (secondary N) is 1. The minimum Gasteiger partial charge on any atom is -0.463 e. The van der Waals surface area contributed by atoms with E-state index in [1.54, 1.807) is 12.1 Å². The Morgan fingerprint density at radius 1 is 1.47 bits per heavy atom. The fourth-order valence-corrected chi connectivity index (χ4v) is 1.09. The number of hydrogen-bond acceptors (Lipinski definition) is 6. The minimum absolute atomic E-state index is 0.0643. The summed E-state index contributed by atoms with van der Waals surface area (Å²) in [4.78, 5) is 13.7. The third-order valence-corrected chi connectivity index (χ3v) is 1.87. The second kappa shape index (κ2) is 4.88. The van der Waals surface area contributed by atoms with Crippen LogP contribution in [0.25, 0.3) is 0 Å². The van der Waals surface area contributed by atoms with Crippen molar-refractivity contribution in [3.8, 4) is 0 Å². The summed E-state index contributed by atoms with van der Waals surface area (Å²) in [7, 11) is 0. The number of nitro groups is 1. The fraction of sp³-hybridized carbons (Fsp3) is 0. The fourth-order valence-electron chi connectivity index (χ4n) is 1.09. The third kappa shape index (κ3) is 2.88. The Kier molecular flexibility index (Phi) is 3.10. The summed E-state index contributed by atoms with van der Waals surface area (Å²) in [5.41, 5.74) is 2.56. The molecule has 2 aromatic heterocycles. The highest BCUT2D eigenvalue weighted by molar-refractivity contribution is 5.76. The van der Waals surface area contributed by atoms with Crippen molar-refractivity contribution in [3.63, 3.8) is 0 Å². The first kappa shape index (κ1) is 10.8. The van der Waals surface area contributed by atoms with Crippen molar-refractivity contribution >= 4 is 17.7 Å². The van der Waals surface area contributed by atoms with Gasteiger partial charge in [-0.05, 0) is 18.2 Å². The molecule has 0 radical (unpaired) electrons.